The molecule has 5 nitrogen and oxygen atoms in total. The molecule has 0 aliphatic heterocycles. The van der Waals surface area contributed by atoms with Crippen LogP contribution in [0.3, 0.4) is 0 Å². The summed E-state index contributed by atoms with van der Waals surface area (Å²) in [5.74, 6) is 5.62. The molecule has 1 aromatic heterocycles. The molecule has 3 N–H and O–H groups in total. The molecule has 0 atom stereocenters. The Morgan fingerprint density at radius 3 is 2.84 bits per heavy atom. The summed E-state index contributed by atoms with van der Waals surface area (Å²) in [5, 5.41) is 5.36. The van der Waals surface area contributed by atoms with E-state index in [0.717, 1.165) is 16.3 Å². The van der Waals surface area contributed by atoms with Crippen LogP contribution in [-0.2, 0) is 12.8 Å². The standard InChI is InChI=1S/C13H16N4OS/c1-9-7-12(17(2)16-9)19-8-10-5-3-4-6-11(10)13(18)15-14/h3-7H,8,14H2,1-2H3,(H,15,18). The summed E-state index contributed by atoms with van der Waals surface area (Å²) < 4.78 is 1.84. The van der Waals surface area contributed by atoms with Gasteiger partial charge in [0.15, 0.2) is 0 Å². The van der Waals surface area contributed by atoms with Gasteiger partial charge in [0.1, 0.15) is 0 Å². The second-order valence-electron chi connectivity index (χ2n) is 4.17. The van der Waals surface area contributed by atoms with Gasteiger partial charge in [-0.2, -0.15) is 5.10 Å². The molecule has 0 spiro atoms. The van der Waals surface area contributed by atoms with Gasteiger partial charge in [-0.25, -0.2) is 5.84 Å². The lowest BCUT2D eigenvalue weighted by Gasteiger charge is -2.07. The van der Waals surface area contributed by atoms with Crippen LogP contribution in [0.25, 0.3) is 0 Å². The highest BCUT2D eigenvalue weighted by Crippen LogP contribution is 2.24. The van der Waals surface area contributed by atoms with Crippen molar-refractivity contribution in [2.24, 2.45) is 12.9 Å². The Morgan fingerprint density at radius 2 is 2.21 bits per heavy atom. The number of benzene rings is 1. The van der Waals surface area contributed by atoms with E-state index in [9.17, 15) is 4.79 Å². The van der Waals surface area contributed by atoms with E-state index in [-0.39, 0.29) is 5.91 Å². The summed E-state index contributed by atoms with van der Waals surface area (Å²) in [6.07, 6.45) is 0. The van der Waals surface area contributed by atoms with E-state index in [1.807, 2.05) is 42.9 Å². The van der Waals surface area contributed by atoms with Crippen LogP contribution >= 0.6 is 11.8 Å². The molecule has 0 radical (unpaired) electrons. The molecule has 0 unspecified atom stereocenters. The first-order valence-electron chi connectivity index (χ1n) is 5.84. The highest BCUT2D eigenvalue weighted by atomic mass is 32.2. The Kier molecular flexibility index (Phi) is 4.24. The molecule has 0 aliphatic rings. The van der Waals surface area contributed by atoms with E-state index in [2.05, 4.69) is 10.5 Å². The number of carbonyl (C=O) groups is 1. The lowest BCUT2D eigenvalue weighted by atomic mass is 10.1. The first-order valence-corrected chi connectivity index (χ1v) is 6.82. The molecule has 2 rings (SSSR count). The predicted octanol–water partition coefficient (Wildman–Crippen LogP) is 1.62. The Balaban J connectivity index is 2.16. The number of nitrogen functional groups attached to an aromatic ring is 1. The smallest absolute Gasteiger partial charge is 0.265 e. The second-order valence-corrected chi connectivity index (χ2v) is 5.16. The van der Waals surface area contributed by atoms with Crippen molar-refractivity contribution in [3.05, 3.63) is 47.2 Å². The average Bonchev–Trinajstić information content (AvgIpc) is 2.74. The highest BCUT2D eigenvalue weighted by Gasteiger charge is 2.10. The number of hydrogen-bond acceptors (Lipinski definition) is 4. The highest BCUT2D eigenvalue weighted by molar-refractivity contribution is 7.98. The zero-order chi connectivity index (χ0) is 13.8. The van der Waals surface area contributed by atoms with E-state index in [1.165, 1.54) is 0 Å². The number of carbonyl (C=O) groups excluding carboxylic acids is 1. The lowest BCUT2D eigenvalue weighted by Crippen LogP contribution is -2.30. The Hall–Kier alpha value is -1.79. The molecule has 19 heavy (non-hydrogen) atoms. The normalized spacial score (nSPS) is 10.5. The summed E-state index contributed by atoms with van der Waals surface area (Å²) in [5.41, 5.74) is 4.71. The van der Waals surface area contributed by atoms with Crippen LogP contribution in [0.2, 0.25) is 0 Å². The third kappa shape index (κ3) is 3.15. The quantitative estimate of drug-likeness (QED) is 0.385. The number of hydrogen-bond donors (Lipinski definition) is 2. The molecule has 2 aromatic rings. The minimum absolute atomic E-state index is 0.266. The van der Waals surface area contributed by atoms with Crippen molar-refractivity contribution in [3.8, 4) is 0 Å². The van der Waals surface area contributed by atoms with E-state index in [0.29, 0.717) is 11.3 Å². The summed E-state index contributed by atoms with van der Waals surface area (Å²) in [4.78, 5) is 11.7. The number of aryl methyl sites for hydroxylation is 2. The van der Waals surface area contributed by atoms with Crippen LogP contribution < -0.4 is 11.3 Å². The lowest BCUT2D eigenvalue weighted by molar-refractivity contribution is 0.0953. The summed E-state index contributed by atoms with van der Waals surface area (Å²) in [6, 6.07) is 9.47. The van der Waals surface area contributed by atoms with Gasteiger partial charge < -0.3 is 0 Å². The number of nitrogens with one attached hydrogen (secondary N) is 1. The fraction of sp³-hybridized carbons (Fsp3) is 0.231. The zero-order valence-electron chi connectivity index (χ0n) is 10.9. The molecule has 0 aliphatic carbocycles. The number of rotatable bonds is 4. The maximum atomic E-state index is 11.7. The fourth-order valence-electron chi connectivity index (χ4n) is 1.82. The van der Waals surface area contributed by atoms with Gasteiger partial charge in [0.2, 0.25) is 0 Å². The third-order valence-electron chi connectivity index (χ3n) is 2.73. The minimum atomic E-state index is -0.266. The topological polar surface area (TPSA) is 72.9 Å². The second kappa shape index (κ2) is 5.90. The largest absolute Gasteiger partial charge is 0.290 e. The van der Waals surface area contributed by atoms with Crippen molar-refractivity contribution < 1.29 is 4.79 Å². The molecule has 0 fully saturated rings. The number of amides is 1. The number of nitrogens with zero attached hydrogens (tertiary/aromatic N) is 2. The van der Waals surface area contributed by atoms with Gasteiger partial charge in [-0.05, 0) is 24.6 Å². The number of thioether (sulfide) groups is 1. The van der Waals surface area contributed by atoms with E-state index in [4.69, 9.17) is 5.84 Å². The monoisotopic (exact) mass is 276 g/mol. The Bertz CT molecular complexity index is 594. The van der Waals surface area contributed by atoms with Gasteiger partial charge in [0.25, 0.3) is 5.91 Å². The van der Waals surface area contributed by atoms with E-state index >= 15 is 0 Å². The molecule has 100 valence electrons. The van der Waals surface area contributed by atoms with Gasteiger partial charge in [-0.3, -0.25) is 14.9 Å². The first kappa shape index (κ1) is 13.6. The molecule has 0 saturated carbocycles. The van der Waals surface area contributed by atoms with Crippen LogP contribution in [-0.4, -0.2) is 15.7 Å². The van der Waals surface area contributed by atoms with Crippen molar-refractivity contribution in [1.82, 2.24) is 15.2 Å². The number of aromatic nitrogens is 2. The molecular weight excluding hydrogens is 260 g/mol. The molecule has 6 heteroatoms. The van der Waals surface area contributed by atoms with Crippen molar-refractivity contribution in [3.63, 3.8) is 0 Å². The van der Waals surface area contributed by atoms with Crippen molar-refractivity contribution in [1.29, 1.82) is 0 Å². The van der Waals surface area contributed by atoms with Crippen LogP contribution in [0.5, 0.6) is 0 Å². The summed E-state index contributed by atoms with van der Waals surface area (Å²) in [6.45, 7) is 1.96. The Labute approximate surface area is 116 Å². The van der Waals surface area contributed by atoms with Gasteiger partial charge in [-0.15, -0.1) is 11.8 Å². The fourth-order valence-corrected chi connectivity index (χ4v) is 2.86. The number of hydrazine groups is 1. The van der Waals surface area contributed by atoms with Crippen LogP contribution in [0.4, 0.5) is 0 Å². The third-order valence-corrected chi connectivity index (χ3v) is 3.86. The van der Waals surface area contributed by atoms with Gasteiger partial charge in [-0.1, -0.05) is 18.2 Å². The Morgan fingerprint density at radius 1 is 1.47 bits per heavy atom. The number of nitrogens with two attached hydrogens (primary N) is 1. The SMILES string of the molecule is Cc1cc(SCc2ccccc2C(=O)NN)n(C)n1. The molecular formula is C13H16N4OS. The molecule has 1 amide bonds. The maximum absolute atomic E-state index is 11.7. The maximum Gasteiger partial charge on any atom is 0.265 e. The molecule has 1 aromatic carbocycles. The van der Waals surface area contributed by atoms with E-state index in [1.54, 1.807) is 17.8 Å². The summed E-state index contributed by atoms with van der Waals surface area (Å²) in [7, 11) is 1.91. The first-order chi connectivity index (χ1) is 9.11. The van der Waals surface area contributed by atoms with Crippen LogP contribution in [0.15, 0.2) is 35.4 Å². The zero-order valence-corrected chi connectivity index (χ0v) is 11.7. The van der Waals surface area contributed by atoms with Crippen molar-refractivity contribution in [2.45, 2.75) is 17.7 Å². The van der Waals surface area contributed by atoms with Crippen LogP contribution in [0, 0.1) is 6.92 Å². The van der Waals surface area contributed by atoms with Gasteiger partial charge in [0.05, 0.1) is 10.7 Å². The van der Waals surface area contributed by atoms with Gasteiger partial charge >= 0.3 is 0 Å². The van der Waals surface area contributed by atoms with Crippen molar-refractivity contribution >= 4 is 17.7 Å². The minimum Gasteiger partial charge on any atom is -0.290 e. The van der Waals surface area contributed by atoms with E-state index < -0.39 is 0 Å². The van der Waals surface area contributed by atoms with Gasteiger partial charge in [0, 0.05) is 18.4 Å². The molecule has 0 bridgehead atoms. The molecule has 0 saturated heterocycles. The summed E-state index contributed by atoms with van der Waals surface area (Å²) >= 11 is 1.64. The van der Waals surface area contributed by atoms with Crippen molar-refractivity contribution in [2.75, 3.05) is 0 Å². The van der Waals surface area contributed by atoms with Crippen LogP contribution in [0.1, 0.15) is 21.6 Å². The average molecular weight is 276 g/mol. The predicted molar refractivity (Wildman–Crippen MR) is 75.6 cm³/mol. The molecule has 1 heterocycles.